The zero-order valence-corrected chi connectivity index (χ0v) is 12.1. The third-order valence-electron chi connectivity index (χ3n) is 3.71. The topological polar surface area (TPSA) is 41.6 Å². The Kier molecular flexibility index (Phi) is 6.65. The zero-order valence-electron chi connectivity index (χ0n) is 12.1. The summed E-state index contributed by atoms with van der Waals surface area (Å²) in [5, 5.41) is 3.33. The summed E-state index contributed by atoms with van der Waals surface area (Å²) in [4.78, 5) is 14.8. The molecule has 18 heavy (non-hydrogen) atoms. The lowest BCUT2D eigenvalue weighted by Crippen LogP contribution is -2.52. The summed E-state index contributed by atoms with van der Waals surface area (Å²) in [6, 6.07) is 0. The number of piperidine rings is 1. The van der Waals surface area contributed by atoms with Crippen LogP contribution >= 0.6 is 0 Å². The number of nitrogens with one attached hydrogen (secondary N) is 1. The maximum Gasteiger partial charge on any atom is 0.231 e. The van der Waals surface area contributed by atoms with Crippen molar-refractivity contribution in [3.05, 3.63) is 0 Å². The Morgan fingerprint density at radius 3 is 2.22 bits per heavy atom. The normalized spacial score (nSPS) is 18.6. The first-order valence-corrected chi connectivity index (χ1v) is 7.19. The van der Waals surface area contributed by atoms with Crippen LogP contribution in [0, 0.1) is 5.41 Å². The van der Waals surface area contributed by atoms with Crippen molar-refractivity contribution in [2.24, 2.45) is 5.41 Å². The van der Waals surface area contributed by atoms with Gasteiger partial charge in [0.05, 0.1) is 12.0 Å². The van der Waals surface area contributed by atoms with Crippen molar-refractivity contribution in [2.45, 2.75) is 39.5 Å². The Hall–Kier alpha value is -0.610. The molecule has 106 valence electrons. The van der Waals surface area contributed by atoms with Crippen molar-refractivity contribution >= 4 is 5.91 Å². The molecule has 1 amide bonds. The van der Waals surface area contributed by atoms with Crippen molar-refractivity contribution in [1.29, 1.82) is 0 Å². The van der Waals surface area contributed by atoms with Crippen molar-refractivity contribution in [2.75, 3.05) is 39.9 Å². The molecule has 4 nitrogen and oxygen atoms in total. The Morgan fingerprint density at radius 2 is 1.78 bits per heavy atom. The Morgan fingerprint density at radius 1 is 1.22 bits per heavy atom. The van der Waals surface area contributed by atoms with Gasteiger partial charge in [0.1, 0.15) is 0 Å². The first-order chi connectivity index (χ1) is 8.70. The SMILES string of the molecule is CCCN(CCC)C(=O)C1(COC)CCNCC1. The molecule has 0 aromatic carbocycles. The predicted octanol–water partition coefficient (Wildman–Crippen LogP) is 1.65. The summed E-state index contributed by atoms with van der Waals surface area (Å²) in [6.45, 7) is 8.37. The number of carbonyl (C=O) groups excluding carboxylic acids is 1. The van der Waals surface area contributed by atoms with Crippen molar-refractivity contribution in [1.82, 2.24) is 10.2 Å². The number of hydrogen-bond acceptors (Lipinski definition) is 3. The summed E-state index contributed by atoms with van der Waals surface area (Å²) in [6.07, 6.45) is 3.83. The highest BCUT2D eigenvalue weighted by Gasteiger charge is 2.41. The Bertz CT molecular complexity index is 239. The fourth-order valence-electron chi connectivity index (χ4n) is 2.79. The van der Waals surface area contributed by atoms with Crippen LogP contribution in [-0.4, -0.2) is 50.7 Å². The van der Waals surface area contributed by atoms with E-state index in [1.807, 2.05) is 4.90 Å². The third kappa shape index (κ3) is 3.69. The molecule has 1 aliphatic heterocycles. The number of hydrogen-bond donors (Lipinski definition) is 1. The Labute approximate surface area is 111 Å². The molecule has 1 rings (SSSR count). The van der Waals surface area contributed by atoms with E-state index in [2.05, 4.69) is 19.2 Å². The van der Waals surface area contributed by atoms with Crippen LogP contribution in [0.25, 0.3) is 0 Å². The predicted molar refractivity (Wildman–Crippen MR) is 73.6 cm³/mol. The number of carbonyl (C=O) groups is 1. The van der Waals surface area contributed by atoms with Gasteiger partial charge in [0, 0.05) is 20.2 Å². The average Bonchev–Trinajstić information content (AvgIpc) is 2.39. The molecule has 1 fully saturated rings. The molecular weight excluding hydrogens is 228 g/mol. The third-order valence-corrected chi connectivity index (χ3v) is 3.71. The summed E-state index contributed by atoms with van der Waals surface area (Å²) < 4.78 is 5.34. The first-order valence-electron chi connectivity index (χ1n) is 7.19. The zero-order chi connectivity index (χ0) is 13.4. The monoisotopic (exact) mass is 256 g/mol. The minimum atomic E-state index is -0.287. The van der Waals surface area contributed by atoms with E-state index in [-0.39, 0.29) is 5.41 Å². The number of methoxy groups -OCH3 is 1. The molecule has 0 aliphatic carbocycles. The molecule has 0 unspecified atom stereocenters. The molecule has 0 atom stereocenters. The van der Waals surface area contributed by atoms with Gasteiger partial charge in [-0.3, -0.25) is 4.79 Å². The fourth-order valence-corrected chi connectivity index (χ4v) is 2.79. The van der Waals surface area contributed by atoms with E-state index in [0.29, 0.717) is 12.5 Å². The fraction of sp³-hybridized carbons (Fsp3) is 0.929. The lowest BCUT2D eigenvalue weighted by Gasteiger charge is -2.39. The van der Waals surface area contributed by atoms with E-state index >= 15 is 0 Å². The highest BCUT2D eigenvalue weighted by atomic mass is 16.5. The molecule has 1 aliphatic rings. The summed E-state index contributed by atoms with van der Waals surface area (Å²) in [7, 11) is 1.70. The lowest BCUT2D eigenvalue weighted by atomic mass is 9.78. The van der Waals surface area contributed by atoms with Crippen molar-refractivity contribution < 1.29 is 9.53 Å². The molecule has 0 spiro atoms. The standard InChI is InChI=1S/C14H28N2O2/c1-4-10-16(11-5-2)13(17)14(12-18-3)6-8-15-9-7-14/h15H,4-12H2,1-3H3. The smallest absolute Gasteiger partial charge is 0.231 e. The number of rotatable bonds is 7. The van der Waals surface area contributed by atoms with Crippen LogP contribution in [0.1, 0.15) is 39.5 Å². The van der Waals surface area contributed by atoms with Gasteiger partial charge < -0.3 is 15.0 Å². The van der Waals surface area contributed by atoms with Crippen LogP contribution in [0.4, 0.5) is 0 Å². The quantitative estimate of drug-likeness (QED) is 0.753. The number of amides is 1. The lowest BCUT2D eigenvalue weighted by molar-refractivity contribution is -0.147. The maximum atomic E-state index is 12.8. The van der Waals surface area contributed by atoms with Crippen LogP contribution in [-0.2, 0) is 9.53 Å². The van der Waals surface area contributed by atoms with Gasteiger partial charge in [-0.1, -0.05) is 13.8 Å². The van der Waals surface area contributed by atoms with E-state index in [9.17, 15) is 4.79 Å². The van der Waals surface area contributed by atoms with Gasteiger partial charge in [-0.2, -0.15) is 0 Å². The van der Waals surface area contributed by atoms with E-state index < -0.39 is 0 Å². The van der Waals surface area contributed by atoms with Gasteiger partial charge in [0.15, 0.2) is 0 Å². The molecule has 0 radical (unpaired) electrons. The largest absolute Gasteiger partial charge is 0.384 e. The highest BCUT2D eigenvalue weighted by Crippen LogP contribution is 2.31. The molecule has 0 aromatic rings. The van der Waals surface area contributed by atoms with Gasteiger partial charge in [0.2, 0.25) is 5.91 Å². The van der Waals surface area contributed by atoms with Crippen LogP contribution in [0.3, 0.4) is 0 Å². The van der Waals surface area contributed by atoms with Gasteiger partial charge in [0.25, 0.3) is 0 Å². The van der Waals surface area contributed by atoms with E-state index in [1.165, 1.54) is 0 Å². The van der Waals surface area contributed by atoms with Crippen LogP contribution < -0.4 is 5.32 Å². The summed E-state index contributed by atoms with van der Waals surface area (Å²) in [5.74, 6) is 0.301. The second-order valence-electron chi connectivity index (χ2n) is 5.26. The minimum absolute atomic E-state index is 0.287. The summed E-state index contributed by atoms with van der Waals surface area (Å²) in [5.41, 5.74) is -0.287. The van der Waals surface area contributed by atoms with Gasteiger partial charge in [-0.15, -0.1) is 0 Å². The molecule has 1 heterocycles. The highest BCUT2D eigenvalue weighted by molar-refractivity contribution is 5.83. The van der Waals surface area contributed by atoms with Crippen LogP contribution in [0.5, 0.6) is 0 Å². The second kappa shape index (κ2) is 7.74. The van der Waals surface area contributed by atoms with Gasteiger partial charge >= 0.3 is 0 Å². The Balaban J connectivity index is 2.78. The van der Waals surface area contributed by atoms with E-state index in [0.717, 1.165) is 51.9 Å². The van der Waals surface area contributed by atoms with Gasteiger partial charge in [-0.25, -0.2) is 0 Å². The first kappa shape index (κ1) is 15.4. The van der Waals surface area contributed by atoms with Crippen molar-refractivity contribution in [3.8, 4) is 0 Å². The molecule has 0 bridgehead atoms. The molecule has 1 N–H and O–H groups in total. The van der Waals surface area contributed by atoms with Crippen LogP contribution in [0.15, 0.2) is 0 Å². The van der Waals surface area contributed by atoms with E-state index in [4.69, 9.17) is 4.74 Å². The summed E-state index contributed by atoms with van der Waals surface area (Å²) >= 11 is 0. The maximum absolute atomic E-state index is 12.8. The van der Waals surface area contributed by atoms with Gasteiger partial charge in [-0.05, 0) is 38.8 Å². The molecule has 4 heteroatoms. The average molecular weight is 256 g/mol. The van der Waals surface area contributed by atoms with Crippen LogP contribution in [0.2, 0.25) is 0 Å². The molecule has 0 saturated carbocycles. The molecule has 1 saturated heterocycles. The number of nitrogens with zero attached hydrogens (tertiary/aromatic N) is 1. The number of ether oxygens (including phenoxy) is 1. The molecule has 0 aromatic heterocycles. The minimum Gasteiger partial charge on any atom is -0.384 e. The second-order valence-corrected chi connectivity index (χ2v) is 5.26. The van der Waals surface area contributed by atoms with E-state index in [1.54, 1.807) is 7.11 Å². The van der Waals surface area contributed by atoms with Crippen molar-refractivity contribution in [3.63, 3.8) is 0 Å². The molecular formula is C14H28N2O2.